The van der Waals surface area contributed by atoms with E-state index in [9.17, 15) is 70.3 Å². The Kier molecular flexibility index (Phi) is 14.0. The minimum atomic E-state index is -4.88. The molecule has 68 heavy (non-hydrogen) atoms. The molecule has 6 rings (SSSR count). The van der Waals surface area contributed by atoms with Crippen LogP contribution in [-0.2, 0) is 20.2 Å². The zero-order valence-corrected chi connectivity index (χ0v) is 36.5. The number of hydrogen-bond donors (Lipinski definition) is 10. The van der Waals surface area contributed by atoms with Gasteiger partial charge in [0.1, 0.15) is 11.1 Å². The lowest BCUT2D eigenvalue weighted by molar-refractivity contribution is 0.0682. The number of aryl methyl sites for hydroxylation is 2. The van der Waals surface area contributed by atoms with E-state index in [0.717, 1.165) is 0 Å². The average molecular weight is 967 g/mol. The Morgan fingerprint density at radius 3 is 1.13 bits per heavy atom. The summed E-state index contributed by atoms with van der Waals surface area (Å²) in [6.45, 7) is 3.47. The van der Waals surface area contributed by atoms with Crippen LogP contribution in [0.15, 0.2) is 139 Å². The molecule has 10 N–H and O–H groups in total. The van der Waals surface area contributed by atoms with Gasteiger partial charge >= 0.3 is 18.0 Å². The quantitative estimate of drug-likeness (QED) is 0.0277. The highest BCUT2D eigenvalue weighted by molar-refractivity contribution is 7.86. The number of anilines is 4. The van der Waals surface area contributed by atoms with Crippen molar-refractivity contribution in [2.75, 3.05) is 21.3 Å². The molecule has 348 valence electrons. The van der Waals surface area contributed by atoms with Gasteiger partial charge in [0.15, 0.2) is 11.5 Å². The summed E-state index contributed by atoms with van der Waals surface area (Å²) in [6.07, 6.45) is 0. The fourth-order valence-electron chi connectivity index (χ4n) is 5.99. The number of azo groups is 2. The van der Waals surface area contributed by atoms with Crippen LogP contribution in [0.4, 0.5) is 50.3 Å². The van der Waals surface area contributed by atoms with Crippen LogP contribution in [0.1, 0.15) is 52.6 Å². The van der Waals surface area contributed by atoms with E-state index in [1.807, 2.05) is 0 Å². The van der Waals surface area contributed by atoms with Gasteiger partial charge in [-0.1, -0.05) is 0 Å². The Labute approximate surface area is 384 Å². The number of carbonyl (C=O) groups is 5. The molecule has 6 aromatic carbocycles. The molecule has 0 atom stereocenters. The third-order valence-corrected chi connectivity index (χ3v) is 11.1. The molecule has 0 bridgehead atoms. The lowest BCUT2D eigenvalue weighted by atomic mass is 10.1. The second-order valence-electron chi connectivity index (χ2n) is 14.3. The number of hydrogen-bond acceptors (Lipinski definition) is 15. The maximum atomic E-state index is 12.9. The van der Waals surface area contributed by atoms with Crippen LogP contribution in [0.25, 0.3) is 0 Å². The zero-order chi connectivity index (χ0) is 49.7. The SMILES string of the molecule is Cc1cc(NC(=O)Nc2ccc(N=Nc3ccc(C(=O)Nc4cc(S(=O)(=O)O)cc(C(=O)O)c4O)cc3)c(C)c2)ccc1N=Nc1ccc(C(=O)Nc2cc(S(=O)(=O)O)cc(C(=O)O)c2O)cc1. The van der Waals surface area contributed by atoms with E-state index in [4.69, 9.17) is 0 Å². The Morgan fingerprint density at radius 1 is 0.471 bits per heavy atom. The lowest BCUT2D eigenvalue weighted by Gasteiger charge is -2.11. The summed E-state index contributed by atoms with van der Waals surface area (Å²) in [5, 5.41) is 65.8. The first kappa shape index (κ1) is 48.5. The number of urea groups is 1. The van der Waals surface area contributed by atoms with Crippen LogP contribution in [0, 0.1) is 13.8 Å². The fraction of sp³-hybridized carbons (Fsp3) is 0.0465. The molecule has 0 unspecified atom stereocenters. The zero-order valence-electron chi connectivity index (χ0n) is 34.9. The number of amides is 4. The number of benzene rings is 6. The van der Waals surface area contributed by atoms with Crippen molar-refractivity contribution in [3.63, 3.8) is 0 Å². The third-order valence-electron chi connectivity index (χ3n) is 9.43. The third kappa shape index (κ3) is 11.9. The maximum Gasteiger partial charge on any atom is 0.339 e. The monoisotopic (exact) mass is 966 g/mol. The summed E-state index contributed by atoms with van der Waals surface area (Å²) >= 11 is 0. The highest BCUT2D eigenvalue weighted by Gasteiger charge is 2.24. The number of aromatic carboxylic acids is 2. The first-order valence-electron chi connectivity index (χ1n) is 19.1. The van der Waals surface area contributed by atoms with Crippen LogP contribution in [-0.4, -0.2) is 76.2 Å². The van der Waals surface area contributed by atoms with Crippen molar-refractivity contribution >= 4 is 95.5 Å². The summed E-state index contributed by atoms with van der Waals surface area (Å²) in [4.78, 5) is 59.8. The maximum absolute atomic E-state index is 12.9. The molecule has 0 aromatic heterocycles. The number of nitrogens with zero attached hydrogens (tertiary/aromatic N) is 4. The average Bonchev–Trinajstić information content (AvgIpc) is 3.26. The van der Waals surface area contributed by atoms with E-state index in [1.165, 1.54) is 48.5 Å². The molecule has 4 amide bonds. The lowest BCUT2D eigenvalue weighted by Crippen LogP contribution is -2.19. The molecule has 0 spiro atoms. The van der Waals surface area contributed by atoms with Crippen LogP contribution < -0.4 is 21.3 Å². The van der Waals surface area contributed by atoms with Crippen LogP contribution in [0.3, 0.4) is 0 Å². The molecule has 0 fully saturated rings. The first-order valence-corrected chi connectivity index (χ1v) is 22.0. The Morgan fingerprint density at radius 2 is 0.824 bits per heavy atom. The number of aromatic hydroxyl groups is 2. The van der Waals surface area contributed by atoms with E-state index in [1.54, 1.807) is 50.2 Å². The smallest absolute Gasteiger partial charge is 0.339 e. The number of phenols is 2. The van der Waals surface area contributed by atoms with Gasteiger partial charge in [-0.25, -0.2) is 14.4 Å². The van der Waals surface area contributed by atoms with Gasteiger partial charge in [-0.2, -0.15) is 37.3 Å². The van der Waals surface area contributed by atoms with Crippen molar-refractivity contribution in [3.05, 3.63) is 143 Å². The molecule has 0 aliphatic heterocycles. The second-order valence-corrected chi connectivity index (χ2v) is 17.1. The van der Waals surface area contributed by atoms with Gasteiger partial charge in [0.25, 0.3) is 32.1 Å². The van der Waals surface area contributed by atoms with Gasteiger partial charge in [0.05, 0.1) is 43.9 Å². The first-order chi connectivity index (χ1) is 32.0. The normalized spacial score (nSPS) is 11.6. The van der Waals surface area contributed by atoms with E-state index in [-0.39, 0.29) is 11.1 Å². The molecule has 0 aliphatic rings. The van der Waals surface area contributed by atoms with E-state index >= 15 is 0 Å². The number of carboxylic acids is 2. The van der Waals surface area contributed by atoms with Gasteiger partial charge in [-0.3, -0.25) is 18.7 Å². The summed E-state index contributed by atoms with van der Waals surface area (Å²) in [5.41, 5.74) is 0.853. The van der Waals surface area contributed by atoms with Crippen LogP contribution >= 0.6 is 0 Å². The summed E-state index contributed by atoms with van der Waals surface area (Å²) < 4.78 is 65.2. The molecule has 0 aliphatic carbocycles. The van der Waals surface area contributed by atoms with E-state index in [0.29, 0.717) is 69.5 Å². The standard InChI is InChI=1S/C43H34N8O15S2/c1-21-15-27(11-13-33(21)50-48-25-7-3-23(4-8-25)39(54)46-35-19-29(67(61,62)63)17-31(37(35)52)41(56)57)44-43(60)45-28-12-14-34(22(2)16-28)51-49-26-9-5-24(6-10-26)40(55)47-36-20-30(68(64,65)66)18-32(38(36)53)42(58)59/h3-20,52-53H,1-2H3,(H,46,54)(H,47,55)(H,56,57)(H,58,59)(H2,44,45,60)(H,61,62,63)(H,64,65,66). The van der Waals surface area contributed by atoms with Crippen LogP contribution in [0.5, 0.6) is 11.5 Å². The Bertz CT molecular complexity index is 3120. The predicted octanol–water partition coefficient (Wildman–Crippen LogP) is 8.58. The van der Waals surface area contributed by atoms with Crippen LogP contribution in [0.2, 0.25) is 0 Å². The molecule has 0 radical (unpaired) electrons. The molecule has 23 nitrogen and oxygen atoms in total. The molecule has 6 aromatic rings. The number of rotatable bonds is 14. The van der Waals surface area contributed by atoms with Crippen molar-refractivity contribution in [3.8, 4) is 11.5 Å². The van der Waals surface area contributed by atoms with E-state index in [2.05, 4.69) is 41.7 Å². The minimum Gasteiger partial charge on any atom is -0.505 e. The van der Waals surface area contributed by atoms with Gasteiger partial charge in [0.2, 0.25) is 0 Å². The molecular weight excluding hydrogens is 933 g/mol. The van der Waals surface area contributed by atoms with Crippen molar-refractivity contribution < 1.29 is 70.3 Å². The second kappa shape index (κ2) is 19.7. The summed E-state index contributed by atoms with van der Waals surface area (Å²) in [7, 11) is -9.76. The highest BCUT2D eigenvalue weighted by Crippen LogP contribution is 2.34. The largest absolute Gasteiger partial charge is 0.505 e. The molecule has 0 heterocycles. The Balaban J connectivity index is 1.02. The van der Waals surface area contributed by atoms with Crippen molar-refractivity contribution in [1.29, 1.82) is 0 Å². The van der Waals surface area contributed by atoms with Gasteiger partial charge in [-0.05, 0) is 134 Å². The minimum absolute atomic E-state index is 0.0199. The van der Waals surface area contributed by atoms with Gasteiger partial charge in [-0.15, -0.1) is 0 Å². The summed E-state index contributed by atoms with van der Waals surface area (Å²) in [5.74, 6) is -6.95. The number of carboxylic acid groups (broad SMARTS) is 2. The van der Waals surface area contributed by atoms with Crippen molar-refractivity contribution in [2.24, 2.45) is 20.5 Å². The predicted molar refractivity (Wildman–Crippen MR) is 242 cm³/mol. The molecular formula is C43H34N8O15S2. The van der Waals surface area contributed by atoms with Crippen molar-refractivity contribution in [2.45, 2.75) is 23.6 Å². The molecule has 25 heteroatoms. The van der Waals surface area contributed by atoms with Crippen molar-refractivity contribution in [1.82, 2.24) is 0 Å². The topological polar surface area (TPSA) is 373 Å². The van der Waals surface area contributed by atoms with Gasteiger partial charge in [0, 0.05) is 22.5 Å². The van der Waals surface area contributed by atoms with E-state index < -0.39 is 93.8 Å². The molecule has 0 saturated heterocycles. The highest BCUT2D eigenvalue weighted by atomic mass is 32.2. The number of carbonyl (C=O) groups excluding carboxylic acids is 3. The van der Waals surface area contributed by atoms with Gasteiger partial charge < -0.3 is 41.7 Å². The number of nitrogens with one attached hydrogen (secondary N) is 4. The molecule has 0 saturated carbocycles. The Hall–Kier alpha value is -8.91. The fourth-order valence-corrected chi connectivity index (χ4v) is 7.05. The summed E-state index contributed by atoms with van der Waals surface area (Å²) in [6, 6.07) is 22.8.